The van der Waals surface area contributed by atoms with Crippen LogP contribution in [0.2, 0.25) is 0 Å². The second-order valence-electron chi connectivity index (χ2n) is 6.35. The highest BCUT2D eigenvalue weighted by atomic mass is 16.7. The van der Waals surface area contributed by atoms with Crippen LogP contribution in [0.5, 0.6) is 0 Å². The minimum atomic E-state index is -1.34. The van der Waals surface area contributed by atoms with Crippen molar-refractivity contribution in [3.8, 4) is 0 Å². The minimum Gasteiger partial charge on any atom is -0.397 e. The van der Waals surface area contributed by atoms with Crippen molar-refractivity contribution >= 4 is 11.8 Å². The number of nitrogens with one attached hydrogen (secondary N) is 3. The summed E-state index contributed by atoms with van der Waals surface area (Å²) in [6.45, 7) is 2.81. The predicted octanol–water partition coefficient (Wildman–Crippen LogP) is -1.41. The maximum absolute atomic E-state index is 11.5. The van der Waals surface area contributed by atoms with Gasteiger partial charge in [-0.3, -0.25) is 15.0 Å². The summed E-state index contributed by atoms with van der Waals surface area (Å²) in [4.78, 5) is 27.6. The molecule has 2 amide bonds. The van der Waals surface area contributed by atoms with Crippen LogP contribution in [0.3, 0.4) is 0 Å². The average Bonchev–Trinajstić information content (AvgIpc) is 2.66. The van der Waals surface area contributed by atoms with E-state index < -0.39 is 43.2 Å². The SMILES string of the molecule is C/C=C\ONNC(=O)CCCCCOC1OC(CO)C(O)C(O)C1NC(C)=O. The number of hydrogen-bond acceptors (Lipinski definition) is 9. The Morgan fingerprint density at radius 2 is 1.93 bits per heavy atom. The summed E-state index contributed by atoms with van der Waals surface area (Å²) in [7, 11) is 0. The zero-order valence-corrected chi connectivity index (χ0v) is 16.2. The van der Waals surface area contributed by atoms with E-state index in [1.807, 2.05) is 0 Å². The van der Waals surface area contributed by atoms with Gasteiger partial charge in [-0.1, -0.05) is 18.1 Å². The first-order valence-corrected chi connectivity index (χ1v) is 9.22. The van der Waals surface area contributed by atoms with Crippen LogP contribution in [0.4, 0.5) is 0 Å². The van der Waals surface area contributed by atoms with Crippen LogP contribution in [-0.4, -0.2) is 71.0 Å². The van der Waals surface area contributed by atoms with Crippen molar-refractivity contribution < 1.29 is 39.2 Å². The van der Waals surface area contributed by atoms with Crippen molar-refractivity contribution in [1.82, 2.24) is 16.3 Å². The predicted molar refractivity (Wildman–Crippen MR) is 97.0 cm³/mol. The largest absolute Gasteiger partial charge is 0.397 e. The van der Waals surface area contributed by atoms with E-state index in [1.54, 1.807) is 13.0 Å². The number of hydrogen-bond donors (Lipinski definition) is 6. The molecule has 0 saturated carbocycles. The lowest BCUT2D eigenvalue weighted by Crippen LogP contribution is -2.64. The van der Waals surface area contributed by atoms with Crippen molar-refractivity contribution in [3.05, 3.63) is 12.3 Å². The third-order valence-corrected chi connectivity index (χ3v) is 4.03. The molecule has 1 rings (SSSR count). The first-order valence-electron chi connectivity index (χ1n) is 9.22. The molecular formula is C17H31N3O8. The van der Waals surface area contributed by atoms with Crippen LogP contribution in [0.1, 0.15) is 39.5 Å². The number of ether oxygens (including phenoxy) is 2. The second-order valence-corrected chi connectivity index (χ2v) is 6.35. The fraction of sp³-hybridized carbons (Fsp3) is 0.765. The third kappa shape index (κ3) is 8.50. The van der Waals surface area contributed by atoms with Crippen LogP contribution in [-0.2, 0) is 23.9 Å². The van der Waals surface area contributed by atoms with E-state index in [0.29, 0.717) is 25.7 Å². The van der Waals surface area contributed by atoms with Crippen LogP contribution >= 0.6 is 0 Å². The Balaban J connectivity index is 2.30. The highest BCUT2D eigenvalue weighted by Gasteiger charge is 2.45. The highest BCUT2D eigenvalue weighted by molar-refractivity contribution is 5.75. The molecule has 0 aliphatic carbocycles. The normalized spacial score (nSPS) is 27.5. The maximum atomic E-state index is 11.5. The average molecular weight is 405 g/mol. The van der Waals surface area contributed by atoms with Gasteiger partial charge in [0.1, 0.15) is 30.6 Å². The van der Waals surface area contributed by atoms with Gasteiger partial charge < -0.3 is 34.9 Å². The monoisotopic (exact) mass is 405 g/mol. The van der Waals surface area contributed by atoms with Crippen LogP contribution < -0.4 is 16.3 Å². The van der Waals surface area contributed by atoms with Crippen LogP contribution in [0.25, 0.3) is 0 Å². The molecule has 5 atom stereocenters. The summed E-state index contributed by atoms with van der Waals surface area (Å²) >= 11 is 0. The molecule has 0 spiro atoms. The van der Waals surface area contributed by atoms with Crippen LogP contribution in [0, 0.1) is 0 Å². The minimum absolute atomic E-state index is 0.213. The summed E-state index contributed by atoms with van der Waals surface area (Å²) in [5.74, 6) is -0.622. The number of allylic oxidation sites excluding steroid dienone is 1. The molecule has 162 valence electrons. The molecule has 1 fully saturated rings. The molecule has 0 radical (unpaired) electrons. The van der Waals surface area contributed by atoms with E-state index in [4.69, 9.17) is 14.3 Å². The van der Waals surface area contributed by atoms with Crippen molar-refractivity contribution in [1.29, 1.82) is 0 Å². The fourth-order valence-corrected chi connectivity index (χ4v) is 2.63. The number of hydrazine groups is 1. The van der Waals surface area contributed by atoms with Crippen LogP contribution in [0.15, 0.2) is 12.3 Å². The zero-order chi connectivity index (χ0) is 20.9. The van der Waals surface area contributed by atoms with E-state index >= 15 is 0 Å². The number of aliphatic hydroxyl groups excluding tert-OH is 3. The molecule has 6 N–H and O–H groups in total. The third-order valence-electron chi connectivity index (χ3n) is 4.03. The summed E-state index contributed by atoms with van der Waals surface area (Å²) in [6.07, 6.45) is 0.609. The fourth-order valence-electron chi connectivity index (χ4n) is 2.63. The van der Waals surface area contributed by atoms with E-state index in [-0.39, 0.29) is 12.5 Å². The molecule has 0 aromatic rings. The van der Waals surface area contributed by atoms with Gasteiger partial charge in [0.05, 0.1) is 6.61 Å². The Bertz CT molecular complexity index is 505. The lowest BCUT2D eigenvalue weighted by molar-refractivity contribution is -0.270. The summed E-state index contributed by atoms with van der Waals surface area (Å²) in [6, 6.07) is -0.954. The molecule has 5 unspecified atom stereocenters. The molecule has 11 heteroatoms. The van der Waals surface area contributed by atoms with Crippen molar-refractivity contribution in [3.63, 3.8) is 0 Å². The molecule has 0 aromatic heterocycles. The smallest absolute Gasteiger partial charge is 0.236 e. The number of amides is 2. The Morgan fingerprint density at radius 1 is 1.18 bits per heavy atom. The van der Waals surface area contributed by atoms with Gasteiger partial charge in [0, 0.05) is 20.0 Å². The summed E-state index contributed by atoms with van der Waals surface area (Å²) in [5.41, 5.74) is 4.67. The molecule has 0 aromatic carbocycles. The first-order chi connectivity index (χ1) is 13.4. The van der Waals surface area contributed by atoms with Gasteiger partial charge in [0.15, 0.2) is 6.29 Å². The maximum Gasteiger partial charge on any atom is 0.236 e. The van der Waals surface area contributed by atoms with Crippen molar-refractivity contribution in [2.24, 2.45) is 0 Å². The number of aliphatic hydroxyl groups is 3. The van der Waals surface area contributed by atoms with Gasteiger partial charge in [-0.25, -0.2) is 0 Å². The molecular weight excluding hydrogens is 374 g/mol. The van der Waals surface area contributed by atoms with Gasteiger partial charge in [0.2, 0.25) is 11.8 Å². The van der Waals surface area contributed by atoms with Crippen molar-refractivity contribution in [2.75, 3.05) is 13.2 Å². The second kappa shape index (κ2) is 13.4. The Kier molecular flexibility index (Phi) is 11.6. The number of rotatable bonds is 12. The number of unbranched alkanes of at least 4 members (excludes halogenated alkanes) is 2. The van der Waals surface area contributed by atoms with E-state index in [1.165, 1.54) is 13.2 Å². The Labute approximate surface area is 164 Å². The molecule has 1 saturated heterocycles. The Hall–Kier alpha value is -1.76. The van der Waals surface area contributed by atoms with Gasteiger partial charge in [-0.15, -0.1) is 0 Å². The Morgan fingerprint density at radius 3 is 2.57 bits per heavy atom. The van der Waals surface area contributed by atoms with Gasteiger partial charge >= 0.3 is 0 Å². The van der Waals surface area contributed by atoms with E-state index in [0.717, 1.165) is 0 Å². The summed E-state index contributed by atoms with van der Waals surface area (Å²) < 4.78 is 11.0. The standard InChI is InChI=1S/C17H31N3O8/c1-3-8-27-20-19-13(23)7-5-4-6-9-26-17-14(18-11(2)22)16(25)15(24)12(10-21)28-17/h3,8,12,14-17,20-21,24-25H,4-7,9-10H2,1-2H3,(H,18,22)(H,19,23)/b8-3-. The molecule has 0 bridgehead atoms. The number of carbonyl (C=O) groups is 2. The topological polar surface area (TPSA) is 159 Å². The zero-order valence-electron chi connectivity index (χ0n) is 16.2. The number of carbonyl (C=O) groups excluding carboxylic acids is 2. The lowest BCUT2D eigenvalue weighted by Gasteiger charge is -2.42. The highest BCUT2D eigenvalue weighted by Crippen LogP contribution is 2.22. The molecule has 1 aliphatic heterocycles. The molecule has 28 heavy (non-hydrogen) atoms. The van der Waals surface area contributed by atoms with Gasteiger partial charge in [-0.05, 0) is 19.8 Å². The van der Waals surface area contributed by atoms with Crippen molar-refractivity contribution in [2.45, 2.75) is 70.2 Å². The van der Waals surface area contributed by atoms with Gasteiger partial charge in [-0.2, -0.15) is 0 Å². The molecule has 11 nitrogen and oxygen atoms in total. The van der Waals surface area contributed by atoms with E-state index in [2.05, 4.69) is 16.3 Å². The first kappa shape index (κ1) is 24.3. The molecule has 1 heterocycles. The molecule has 1 aliphatic rings. The lowest BCUT2D eigenvalue weighted by atomic mass is 9.97. The van der Waals surface area contributed by atoms with E-state index in [9.17, 15) is 24.9 Å². The van der Waals surface area contributed by atoms with Gasteiger partial charge in [0.25, 0.3) is 0 Å². The quantitative estimate of drug-likeness (QED) is 0.130. The summed E-state index contributed by atoms with van der Waals surface area (Å²) in [5, 5.41) is 31.8.